The Labute approximate surface area is 155 Å². The Morgan fingerprint density at radius 2 is 1.88 bits per heavy atom. The normalized spacial score (nSPS) is 18.4. The fourth-order valence-electron chi connectivity index (χ4n) is 3.56. The highest BCUT2D eigenvalue weighted by Gasteiger charge is 2.17. The first-order chi connectivity index (χ1) is 12.5. The van der Waals surface area contributed by atoms with Gasteiger partial charge >= 0.3 is 0 Å². The summed E-state index contributed by atoms with van der Waals surface area (Å²) in [7, 11) is 0. The zero-order valence-electron chi connectivity index (χ0n) is 15.5. The van der Waals surface area contributed by atoms with Crippen molar-refractivity contribution in [3.63, 3.8) is 0 Å². The lowest BCUT2D eigenvalue weighted by Gasteiger charge is -2.33. The molecular formula is C22H27FN2O. The minimum atomic E-state index is -0.286. The van der Waals surface area contributed by atoms with Gasteiger partial charge in [-0.3, -0.25) is 4.79 Å². The van der Waals surface area contributed by atoms with Crippen LogP contribution in [0.25, 0.3) is 0 Å². The predicted octanol–water partition coefficient (Wildman–Crippen LogP) is 4.48. The average Bonchev–Trinajstić information content (AvgIpc) is 2.64. The van der Waals surface area contributed by atoms with Crippen LogP contribution in [-0.4, -0.2) is 19.0 Å². The highest BCUT2D eigenvalue weighted by atomic mass is 19.1. The van der Waals surface area contributed by atoms with E-state index in [4.69, 9.17) is 0 Å². The molecular weight excluding hydrogens is 327 g/mol. The second-order valence-corrected chi connectivity index (χ2v) is 7.38. The summed E-state index contributed by atoms with van der Waals surface area (Å²) >= 11 is 0. The summed E-state index contributed by atoms with van der Waals surface area (Å²) in [6.45, 7) is 6.52. The highest BCUT2D eigenvalue weighted by molar-refractivity contribution is 5.79. The minimum Gasteiger partial charge on any atom is -0.371 e. The molecule has 4 heteroatoms. The summed E-state index contributed by atoms with van der Waals surface area (Å²) in [4.78, 5) is 14.7. The largest absolute Gasteiger partial charge is 0.371 e. The van der Waals surface area contributed by atoms with Crippen molar-refractivity contribution < 1.29 is 9.18 Å². The molecule has 1 amide bonds. The quantitative estimate of drug-likeness (QED) is 0.858. The maximum atomic E-state index is 12.9. The van der Waals surface area contributed by atoms with Crippen molar-refractivity contribution in [2.24, 2.45) is 5.92 Å². The standard InChI is InChI=1S/C22H27FN2O/c1-16-4-3-13-25(15-16)21-11-7-19(8-12-21)17(2)24-22(26)14-18-5-9-20(23)10-6-18/h5-12,16-17H,3-4,13-15H2,1-2H3,(H,24,26)/t16-,17+/m1/s1. The molecule has 1 fully saturated rings. The second-order valence-electron chi connectivity index (χ2n) is 7.38. The van der Waals surface area contributed by atoms with E-state index in [9.17, 15) is 9.18 Å². The number of anilines is 1. The number of halogens is 1. The van der Waals surface area contributed by atoms with Gasteiger partial charge in [0, 0.05) is 18.8 Å². The van der Waals surface area contributed by atoms with Crippen molar-refractivity contribution in [1.29, 1.82) is 0 Å². The first kappa shape index (κ1) is 18.4. The lowest BCUT2D eigenvalue weighted by Crippen LogP contribution is -2.34. The topological polar surface area (TPSA) is 32.3 Å². The first-order valence-electron chi connectivity index (χ1n) is 9.40. The number of carbonyl (C=O) groups excluding carboxylic acids is 1. The van der Waals surface area contributed by atoms with Crippen LogP contribution in [0.3, 0.4) is 0 Å². The summed E-state index contributed by atoms with van der Waals surface area (Å²) < 4.78 is 12.9. The molecule has 26 heavy (non-hydrogen) atoms. The molecule has 1 aliphatic rings. The van der Waals surface area contributed by atoms with Crippen molar-refractivity contribution in [1.82, 2.24) is 5.32 Å². The first-order valence-corrected chi connectivity index (χ1v) is 9.40. The predicted molar refractivity (Wildman–Crippen MR) is 104 cm³/mol. The fraction of sp³-hybridized carbons (Fsp3) is 0.409. The number of nitrogens with one attached hydrogen (secondary N) is 1. The lowest BCUT2D eigenvalue weighted by molar-refractivity contribution is -0.121. The smallest absolute Gasteiger partial charge is 0.224 e. The average molecular weight is 354 g/mol. The van der Waals surface area contributed by atoms with Gasteiger partial charge in [-0.05, 0) is 61.1 Å². The Hall–Kier alpha value is -2.36. The summed E-state index contributed by atoms with van der Waals surface area (Å²) in [5.74, 6) is 0.400. The highest BCUT2D eigenvalue weighted by Crippen LogP contribution is 2.24. The molecule has 2 aromatic rings. The van der Waals surface area contributed by atoms with Crippen molar-refractivity contribution in [3.05, 3.63) is 65.5 Å². The van der Waals surface area contributed by atoms with Gasteiger partial charge in [-0.25, -0.2) is 4.39 Å². The van der Waals surface area contributed by atoms with E-state index in [-0.39, 0.29) is 24.2 Å². The maximum absolute atomic E-state index is 12.9. The van der Waals surface area contributed by atoms with Gasteiger partial charge < -0.3 is 10.2 Å². The Morgan fingerprint density at radius 1 is 1.19 bits per heavy atom. The van der Waals surface area contributed by atoms with Gasteiger partial charge in [0.1, 0.15) is 5.82 Å². The molecule has 1 aliphatic heterocycles. The Morgan fingerprint density at radius 3 is 2.54 bits per heavy atom. The van der Waals surface area contributed by atoms with Gasteiger partial charge in [0.2, 0.25) is 5.91 Å². The zero-order chi connectivity index (χ0) is 18.5. The van der Waals surface area contributed by atoms with Crippen LogP contribution in [0.5, 0.6) is 0 Å². The third kappa shape index (κ3) is 4.84. The Kier molecular flexibility index (Phi) is 5.92. The molecule has 0 spiro atoms. The molecule has 1 saturated heterocycles. The number of nitrogens with zero attached hydrogens (tertiary/aromatic N) is 1. The van der Waals surface area contributed by atoms with Crippen molar-refractivity contribution in [2.45, 2.75) is 39.2 Å². The molecule has 0 unspecified atom stereocenters. The van der Waals surface area contributed by atoms with Gasteiger partial charge in [-0.15, -0.1) is 0 Å². The third-order valence-corrected chi connectivity index (χ3v) is 5.07. The van der Waals surface area contributed by atoms with E-state index in [1.165, 1.54) is 30.7 Å². The molecule has 3 rings (SSSR count). The third-order valence-electron chi connectivity index (χ3n) is 5.07. The molecule has 0 bridgehead atoms. The Bertz CT molecular complexity index is 727. The second kappa shape index (κ2) is 8.35. The Balaban J connectivity index is 1.56. The van der Waals surface area contributed by atoms with Gasteiger partial charge in [0.15, 0.2) is 0 Å². The molecule has 2 atom stereocenters. The molecule has 1 N–H and O–H groups in total. The molecule has 0 aliphatic carbocycles. The molecule has 0 radical (unpaired) electrons. The summed E-state index contributed by atoms with van der Waals surface area (Å²) in [5, 5.41) is 3.02. The van der Waals surface area contributed by atoms with Gasteiger partial charge in [-0.2, -0.15) is 0 Å². The van der Waals surface area contributed by atoms with Crippen LogP contribution in [-0.2, 0) is 11.2 Å². The SMILES string of the molecule is C[C@@H]1CCCN(c2ccc([C@H](C)NC(=O)Cc3ccc(F)cc3)cc2)C1. The zero-order valence-corrected chi connectivity index (χ0v) is 15.5. The van der Waals surface area contributed by atoms with Crippen LogP contribution in [0.4, 0.5) is 10.1 Å². The summed E-state index contributed by atoms with van der Waals surface area (Å²) in [6, 6.07) is 14.5. The number of piperidine rings is 1. The molecule has 0 aromatic heterocycles. The molecule has 138 valence electrons. The van der Waals surface area contributed by atoms with Crippen LogP contribution in [0, 0.1) is 11.7 Å². The van der Waals surface area contributed by atoms with Gasteiger partial charge in [0.25, 0.3) is 0 Å². The van der Waals surface area contributed by atoms with Crippen LogP contribution >= 0.6 is 0 Å². The van der Waals surface area contributed by atoms with E-state index < -0.39 is 0 Å². The van der Waals surface area contributed by atoms with Crippen LogP contribution in [0.1, 0.15) is 43.9 Å². The van der Waals surface area contributed by atoms with E-state index in [0.717, 1.165) is 30.1 Å². The fourth-order valence-corrected chi connectivity index (χ4v) is 3.56. The van der Waals surface area contributed by atoms with Crippen LogP contribution in [0.2, 0.25) is 0 Å². The lowest BCUT2D eigenvalue weighted by atomic mass is 9.99. The van der Waals surface area contributed by atoms with Crippen molar-refractivity contribution >= 4 is 11.6 Å². The number of benzene rings is 2. The van der Waals surface area contributed by atoms with Gasteiger partial charge in [-0.1, -0.05) is 31.2 Å². The molecule has 0 saturated carbocycles. The molecule has 2 aromatic carbocycles. The molecule has 3 nitrogen and oxygen atoms in total. The summed E-state index contributed by atoms with van der Waals surface area (Å²) in [6.07, 6.45) is 2.82. The summed E-state index contributed by atoms with van der Waals surface area (Å²) in [5.41, 5.74) is 3.15. The van der Waals surface area contributed by atoms with E-state index >= 15 is 0 Å². The number of hydrogen-bond acceptors (Lipinski definition) is 2. The number of carbonyl (C=O) groups is 1. The minimum absolute atomic E-state index is 0.0574. The number of amides is 1. The van der Waals surface area contributed by atoms with Crippen molar-refractivity contribution in [3.8, 4) is 0 Å². The van der Waals surface area contributed by atoms with Gasteiger partial charge in [0.05, 0.1) is 12.5 Å². The van der Waals surface area contributed by atoms with Crippen LogP contribution < -0.4 is 10.2 Å². The van der Waals surface area contributed by atoms with Crippen molar-refractivity contribution in [2.75, 3.05) is 18.0 Å². The number of rotatable bonds is 5. The van der Waals surface area contributed by atoms with Crippen LogP contribution in [0.15, 0.2) is 48.5 Å². The van der Waals surface area contributed by atoms with E-state index in [1.807, 2.05) is 6.92 Å². The number of hydrogen-bond donors (Lipinski definition) is 1. The van der Waals surface area contributed by atoms with E-state index in [1.54, 1.807) is 12.1 Å². The van der Waals surface area contributed by atoms with E-state index in [2.05, 4.69) is 41.4 Å². The van der Waals surface area contributed by atoms with E-state index in [0.29, 0.717) is 0 Å². The maximum Gasteiger partial charge on any atom is 0.224 e. The monoisotopic (exact) mass is 354 g/mol. The molecule has 1 heterocycles.